The first-order valence-corrected chi connectivity index (χ1v) is 4.10. The lowest BCUT2D eigenvalue weighted by atomic mass is 10.1. The van der Waals surface area contributed by atoms with E-state index in [0.717, 1.165) is 23.8 Å². The van der Waals surface area contributed by atoms with E-state index in [-0.39, 0.29) is 0 Å². The Balaban J connectivity index is 2.39. The Morgan fingerprint density at radius 1 is 1.55 bits per heavy atom. The normalized spacial score (nSPS) is 10.9. The van der Waals surface area contributed by atoms with Crippen molar-refractivity contribution in [1.29, 1.82) is 0 Å². The van der Waals surface area contributed by atoms with E-state index in [2.05, 4.69) is 19.0 Å². The molecule has 2 nitrogen and oxygen atoms in total. The molecule has 1 aromatic heterocycles. The van der Waals surface area contributed by atoms with E-state index in [0.29, 0.717) is 0 Å². The lowest BCUT2D eigenvalue weighted by molar-refractivity contribution is 0.388. The van der Waals surface area contributed by atoms with Gasteiger partial charge >= 0.3 is 0 Å². The molecule has 0 radical (unpaired) electrons. The fourth-order valence-corrected chi connectivity index (χ4v) is 0.972. The van der Waals surface area contributed by atoms with Crippen LogP contribution in [0, 0.1) is 12.8 Å². The summed E-state index contributed by atoms with van der Waals surface area (Å²) in [5, 5.41) is 3.91. The van der Waals surface area contributed by atoms with Gasteiger partial charge in [-0.05, 0) is 25.7 Å². The third-order valence-corrected chi connectivity index (χ3v) is 1.65. The number of aromatic nitrogens is 1. The molecule has 0 saturated carbocycles. The zero-order chi connectivity index (χ0) is 8.27. The second-order valence-corrected chi connectivity index (χ2v) is 3.36. The molecule has 0 unspecified atom stereocenters. The van der Waals surface area contributed by atoms with E-state index in [9.17, 15) is 0 Å². The highest BCUT2D eigenvalue weighted by Gasteiger charge is 2.00. The fraction of sp³-hybridized carbons (Fsp3) is 0.667. The molecule has 0 aliphatic rings. The van der Waals surface area contributed by atoms with Crippen LogP contribution < -0.4 is 0 Å². The summed E-state index contributed by atoms with van der Waals surface area (Å²) in [6, 6.07) is 2.00. The first-order valence-electron chi connectivity index (χ1n) is 4.10. The van der Waals surface area contributed by atoms with E-state index in [1.165, 1.54) is 6.42 Å². The van der Waals surface area contributed by atoms with Gasteiger partial charge in [-0.15, -0.1) is 0 Å². The van der Waals surface area contributed by atoms with Gasteiger partial charge in [0, 0.05) is 6.07 Å². The summed E-state index contributed by atoms with van der Waals surface area (Å²) < 4.78 is 4.95. The molecule has 0 spiro atoms. The Morgan fingerprint density at radius 3 is 2.73 bits per heavy atom. The van der Waals surface area contributed by atoms with Gasteiger partial charge < -0.3 is 4.52 Å². The van der Waals surface area contributed by atoms with E-state index in [1.807, 2.05) is 13.0 Å². The minimum Gasteiger partial charge on any atom is -0.361 e. The summed E-state index contributed by atoms with van der Waals surface area (Å²) in [5.41, 5.74) is 1.08. The summed E-state index contributed by atoms with van der Waals surface area (Å²) in [6.45, 7) is 6.35. The van der Waals surface area contributed by atoms with Crippen LogP contribution >= 0.6 is 0 Å². The maximum absolute atomic E-state index is 4.95. The van der Waals surface area contributed by atoms with Gasteiger partial charge in [-0.25, -0.2) is 0 Å². The molecule has 0 amide bonds. The average Bonchev–Trinajstić information content (AvgIpc) is 2.31. The molecule has 0 bridgehead atoms. The predicted octanol–water partition coefficient (Wildman–Crippen LogP) is 2.57. The van der Waals surface area contributed by atoms with E-state index >= 15 is 0 Å². The molecule has 11 heavy (non-hydrogen) atoms. The largest absolute Gasteiger partial charge is 0.361 e. The monoisotopic (exact) mass is 153 g/mol. The zero-order valence-corrected chi connectivity index (χ0v) is 7.42. The number of rotatable bonds is 3. The van der Waals surface area contributed by atoms with Crippen molar-refractivity contribution in [2.45, 2.75) is 33.6 Å². The molecule has 1 heterocycles. The first kappa shape index (κ1) is 8.31. The molecule has 0 N–H and O–H groups in total. The topological polar surface area (TPSA) is 26.0 Å². The van der Waals surface area contributed by atoms with Crippen molar-refractivity contribution in [3.63, 3.8) is 0 Å². The summed E-state index contributed by atoms with van der Waals surface area (Å²) >= 11 is 0. The fourth-order valence-electron chi connectivity index (χ4n) is 0.972. The van der Waals surface area contributed by atoms with E-state index in [1.54, 1.807) is 0 Å². The second-order valence-electron chi connectivity index (χ2n) is 3.36. The molecular formula is C9H15NO. The van der Waals surface area contributed by atoms with Crippen LogP contribution in [0.15, 0.2) is 10.6 Å². The number of hydrogen-bond acceptors (Lipinski definition) is 2. The molecule has 0 fully saturated rings. The Bertz CT molecular complexity index is 215. The van der Waals surface area contributed by atoms with Gasteiger partial charge in [-0.3, -0.25) is 0 Å². The molecule has 0 saturated heterocycles. The van der Waals surface area contributed by atoms with Crippen molar-refractivity contribution in [2.75, 3.05) is 0 Å². The van der Waals surface area contributed by atoms with Crippen LogP contribution in [0.5, 0.6) is 0 Å². The van der Waals surface area contributed by atoms with Crippen LogP contribution in [0.2, 0.25) is 0 Å². The van der Waals surface area contributed by atoms with E-state index < -0.39 is 0 Å². The van der Waals surface area contributed by atoms with Crippen LogP contribution in [0.3, 0.4) is 0 Å². The maximum atomic E-state index is 4.95. The van der Waals surface area contributed by atoms with Crippen LogP contribution in [-0.4, -0.2) is 5.16 Å². The molecule has 1 aromatic rings. The van der Waals surface area contributed by atoms with Gasteiger partial charge in [-0.2, -0.15) is 0 Å². The van der Waals surface area contributed by atoms with Crippen LogP contribution in [0.4, 0.5) is 0 Å². The van der Waals surface area contributed by atoms with Gasteiger partial charge in [0.25, 0.3) is 0 Å². The van der Waals surface area contributed by atoms with Crippen molar-refractivity contribution in [1.82, 2.24) is 5.16 Å². The van der Waals surface area contributed by atoms with Crippen molar-refractivity contribution in [3.05, 3.63) is 17.5 Å². The third-order valence-electron chi connectivity index (χ3n) is 1.65. The lowest BCUT2D eigenvalue weighted by Crippen LogP contribution is -1.91. The molecule has 0 aliphatic heterocycles. The van der Waals surface area contributed by atoms with Crippen molar-refractivity contribution >= 4 is 0 Å². The molecular weight excluding hydrogens is 138 g/mol. The van der Waals surface area contributed by atoms with Gasteiger partial charge in [-0.1, -0.05) is 19.0 Å². The summed E-state index contributed by atoms with van der Waals surface area (Å²) in [7, 11) is 0. The number of hydrogen-bond donors (Lipinski definition) is 0. The van der Waals surface area contributed by atoms with Crippen molar-refractivity contribution in [2.24, 2.45) is 5.92 Å². The Kier molecular flexibility index (Phi) is 2.69. The molecule has 0 aromatic carbocycles. The molecule has 2 heteroatoms. The highest BCUT2D eigenvalue weighted by atomic mass is 16.5. The minimum atomic E-state index is 0.743. The van der Waals surface area contributed by atoms with Gasteiger partial charge in [0.05, 0.1) is 5.69 Å². The highest BCUT2D eigenvalue weighted by molar-refractivity contribution is 5.03. The van der Waals surface area contributed by atoms with Gasteiger partial charge in [0.15, 0.2) is 0 Å². The number of nitrogens with zero attached hydrogens (tertiary/aromatic N) is 1. The number of aryl methyl sites for hydroxylation is 2. The zero-order valence-electron chi connectivity index (χ0n) is 7.42. The Hall–Kier alpha value is -0.790. The van der Waals surface area contributed by atoms with Crippen molar-refractivity contribution < 1.29 is 4.52 Å². The van der Waals surface area contributed by atoms with Crippen molar-refractivity contribution in [3.8, 4) is 0 Å². The maximum Gasteiger partial charge on any atom is 0.133 e. The first-order chi connectivity index (χ1) is 5.18. The standard InChI is InChI=1S/C9H15NO/c1-7(2)4-5-9-6-8(3)11-10-9/h6-7H,4-5H2,1-3H3. The second kappa shape index (κ2) is 3.56. The molecule has 0 aliphatic carbocycles. The SMILES string of the molecule is Cc1cc(CCC(C)C)no1. The predicted molar refractivity (Wildman–Crippen MR) is 44.4 cm³/mol. The van der Waals surface area contributed by atoms with Crippen LogP contribution in [-0.2, 0) is 6.42 Å². The van der Waals surface area contributed by atoms with E-state index in [4.69, 9.17) is 4.52 Å². The summed E-state index contributed by atoms with van der Waals surface area (Å²) in [4.78, 5) is 0. The minimum absolute atomic E-state index is 0.743. The summed E-state index contributed by atoms with van der Waals surface area (Å²) in [6.07, 6.45) is 2.22. The molecule has 0 atom stereocenters. The smallest absolute Gasteiger partial charge is 0.133 e. The third kappa shape index (κ3) is 2.74. The summed E-state index contributed by atoms with van der Waals surface area (Å²) in [5.74, 6) is 1.65. The Morgan fingerprint density at radius 2 is 2.27 bits per heavy atom. The Labute approximate surface area is 67.6 Å². The molecule has 1 rings (SSSR count). The molecule has 62 valence electrons. The quantitative estimate of drug-likeness (QED) is 0.667. The van der Waals surface area contributed by atoms with Gasteiger partial charge in [0.2, 0.25) is 0 Å². The lowest BCUT2D eigenvalue weighted by Gasteiger charge is -1.99. The van der Waals surface area contributed by atoms with Gasteiger partial charge in [0.1, 0.15) is 5.76 Å². The highest BCUT2D eigenvalue weighted by Crippen LogP contribution is 2.08. The van der Waals surface area contributed by atoms with Crippen LogP contribution in [0.1, 0.15) is 31.7 Å². The van der Waals surface area contributed by atoms with Crippen LogP contribution in [0.25, 0.3) is 0 Å². The average molecular weight is 153 g/mol.